The van der Waals surface area contributed by atoms with E-state index in [1.54, 1.807) is 6.20 Å². The molecule has 5 rings (SSSR count). The monoisotopic (exact) mass is 471 g/mol. The Balaban J connectivity index is 1.52. The lowest BCUT2D eigenvalue weighted by Gasteiger charge is -2.29. The average Bonchev–Trinajstić information content (AvgIpc) is 3.38. The number of amides is 1. The maximum absolute atomic E-state index is 14.4. The van der Waals surface area contributed by atoms with Gasteiger partial charge in [-0.2, -0.15) is 4.98 Å². The predicted molar refractivity (Wildman–Crippen MR) is 122 cm³/mol. The first-order chi connectivity index (χ1) is 16.4. The SMILES string of the molecule is NC(=O)[C@H]1CC[C@H](n2c(Nc3c(F)cccc3F)nc3cnc(N[C@@H]4CC[C@@H](O)C4)nc32)CC1. The molecule has 2 aliphatic rings. The smallest absolute Gasteiger partial charge is 0.224 e. The molecule has 34 heavy (non-hydrogen) atoms. The first-order valence-corrected chi connectivity index (χ1v) is 11.6. The number of aromatic nitrogens is 4. The van der Waals surface area contributed by atoms with E-state index in [2.05, 4.69) is 25.6 Å². The zero-order valence-corrected chi connectivity index (χ0v) is 18.5. The molecule has 2 aliphatic carbocycles. The fourth-order valence-corrected chi connectivity index (χ4v) is 5.01. The van der Waals surface area contributed by atoms with Gasteiger partial charge in [-0.1, -0.05) is 6.07 Å². The lowest BCUT2D eigenvalue weighted by Crippen LogP contribution is -2.29. The molecule has 1 amide bonds. The molecule has 2 saturated carbocycles. The van der Waals surface area contributed by atoms with Crippen LogP contribution in [0, 0.1) is 17.6 Å². The Kier molecular flexibility index (Phi) is 6.03. The van der Waals surface area contributed by atoms with Gasteiger partial charge in [-0.25, -0.2) is 18.7 Å². The summed E-state index contributed by atoms with van der Waals surface area (Å²) in [7, 11) is 0. The van der Waals surface area contributed by atoms with Crippen LogP contribution in [0.4, 0.5) is 26.4 Å². The molecule has 0 spiro atoms. The Hall–Kier alpha value is -3.34. The highest BCUT2D eigenvalue weighted by molar-refractivity contribution is 5.78. The predicted octanol–water partition coefficient (Wildman–Crippen LogP) is 3.39. The minimum absolute atomic E-state index is 0.0694. The molecule has 2 fully saturated rings. The number of aliphatic hydroxyl groups is 1. The van der Waals surface area contributed by atoms with Gasteiger partial charge in [0, 0.05) is 18.0 Å². The van der Waals surface area contributed by atoms with Gasteiger partial charge in [0.15, 0.2) is 5.65 Å². The number of aliphatic hydroxyl groups excluding tert-OH is 1. The Morgan fingerprint density at radius 1 is 1.09 bits per heavy atom. The molecule has 1 aromatic carbocycles. The number of halogens is 2. The number of benzene rings is 1. The van der Waals surface area contributed by atoms with Gasteiger partial charge < -0.3 is 21.5 Å². The van der Waals surface area contributed by atoms with Gasteiger partial charge in [0.1, 0.15) is 22.8 Å². The molecule has 0 bridgehead atoms. The Morgan fingerprint density at radius 2 is 1.82 bits per heavy atom. The highest BCUT2D eigenvalue weighted by atomic mass is 19.1. The number of hydrogen-bond acceptors (Lipinski definition) is 7. The first kappa shape index (κ1) is 22.5. The van der Waals surface area contributed by atoms with Crippen molar-refractivity contribution < 1.29 is 18.7 Å². The van der Waals surface area contributed by atoms with Crippen molar-refractivity contribution >= 4 is 34.7 Å². The number of anilines is 3. The van der Waals surface area contributed by atoms with Crippen LogP contribution in [0.3, 0.4) is 0 Å². The van der Waals surface area contributed by atoms with Gasteiger partial charge >= 0.3 is 0 Å². The third-order valence-corrected chi connectivity index (χ3v) is 6.83. The van der Waals surface area contributed by atoms with E-state index < -0.39 is 11.6 Å². The van der Waals surface area contributed by atoms with E-state index in [9.17, 15) is 18.7 Å². The normalized spacial score (nSPS) is 24.9. The van der Waals surface area contributed by atoms with Crippen molar-refractivity contribution in [3.05, 3.63) is 36.0 Å². The number of para-hydroxylation sites is 1. The summed E-state index contributed by atoms with van der Waals surface area (Å²) in [5, 5.41) is 15.9. The van der Waals surface area contributed by atoms with Crippen molar-refractivity contribution in [1.82, 2.24) is 19.5 Å². The van der Waals surface area contributed by atoms with Crippen molar-refractivity contribution in [2.24, 2.45) is 11.7 Å². The summed E-state index contributed by atoms with van der Waals surface area (Å²) in [6.45, 7) is 0. The number of carbonyl (C=O) groups excluding carboxylic acids is 1. The lowest BCUT2D eigenvalue weighted by molar-refractivity contribution is -0.122. The van der Waals surface area contributed by atoms with E-state index in [1.807, 2.05) is 4.57 Å². The number of nitrogens with two attached hydrogens (primary N) is 1. The third kappa shape index (κ3) is 4.39. The second-order valence-corrected chi connectivity index (χ2v) is 9.15. The number of imidazole rings is 1. The maximum Gasteiger partial charge on any atom is 0.224 e. The van der Waals surface area contributed by atoms with E-state index in [1.165, 1.54) is 18.2 Å². The van der Waals surface area contributed by atoms with Crippen LogP contribution in [-0.2, 0) is 4.79 Å². The molecule has 9 nitrogen and oxygen atoms in total. The minimum Gasteiger partial charge on any atom is -0.393 e. The van der Waals surface area contributed by atoms with Gasteiger partial charge in [0.25, 0.3) is 0 Å². The van der Waals surface area contributed by atoms with Crippen LogP contribution in [0.5, 0.6) is 0 Å². The quantitative estimate of drug-likeness (QED) is 0.433. The van der Waals surface area contributed by atoms with Crippen molar-refractivity contribution in [2.75, 3.05) is 10.6 Å². The molecule has 0 aliphatic heterocycles. The van der Waals surface area contributed by atoms with Crippen LogP contribution >= 0.6 is 0 Å². The fourth-order valence-electron chi connectivity index (χ4n) is 5.01. The van der Waals surface area contributed by atoms with E-state index in [4.69, 9.17) is 5.73 Å². The maximum atomic E-state index is 14.4. The highest BCUT2D eigenvalue weighted by Gasteiger charge is 2.30. The standard InChI is InChI=1S/C23H27F2N7O2/c24-16-2-1-3-17(25)19(16)30-23-29-18-11-27-22(28-13-6-9-15(33)10-13)31-21(18)32(23)14-7-4-12(5-8-14)20(26)34/h1-3,11-15,33H,4-10H2,(H2,26,34)(H,29,30)(H,27,28,31)/t12-,13-,14-,15-/m1/s1. The average molecular weight is 472 g/mol. The van der Waals surface area contributed by atoms with Crippen molar-refractivity contribution in [3.63, 3.8) is 0 Å². The van der Waals surface area contributed by atoms with Crippen molar-refractivity contribution in [3.8, 4) is 0 Å². The topological polar surface area (TPSA) is 131 Å². The van der Waals surface area contributed by atoms with E-state index >= 15 is 0 Å². The summed E-state index contributed by atoms with van der Waals surface area (Å²) in [6.07, 6.45) is 5.93. The first-order valence-electron chi connectivity index (χ1n) is 11.6. The molecule has 3 aromatic rings. The van der Waals surface area contributed by atoms with Crippen LogP contribution in [0.25, 0.3) is 11.2 Å². The number of rotatable bonds is 6. The molecule has 0 radical (unpaired) electrons. The van der Waals surface area contributed by atoms with Gasteiger partial charge in [-0.15, -0.1) is 0 Å². The zero-order valence-electron chi connectivity index (χ0n) is 18.5. The summed E-state index contributed by atoms with van der Waals surface area (Å²) in [6, 6.07) is 3.63. The van der Waals surface area contributed by atoms with Crippen molar-refractivity contribution in [1.29, 1.82) is 0 Å². The Labute approximate surface area is 194 Å². The fraction of sp³-hybridized carbons (Fsp3) is 0.478. The number of carbonyl (C=O) groups is 1. The lowest BCUT2D eigenvalue weighted by atomic mass is 9.85. The van der Waals surface area contributed by atoms with Crippen LogP contribution < -0.4 is 16.4 Å². The molecule has 11 heteroatoms. The molecule has 2 atom stereocenters. The van der Waals surface area contributed by atoms with Crippen LogP contribution in [0.15, 0.2) is 24.4 Å². The molecule has 180 valence electrons. The summed E-state index contributed by atoms with van der Waals surface area (Å²) >= 11 is 0. The van der Waals surface area contributed by atoms with Gasteiger partial charge in [-0.3, -0.25) is 9.36 Å². The van der Waals surface area contributed by atoms with E-state index in [-0.39, 0.29) is 41.6 Å². The second-order valence-electron chi connectivity index (χ2n) is 9.15. The molecule has 5 N–H and O–H groups in total. The van der Waals surface area contributed by atoms with Crippen LogP contribution in [0.1, 0.15) is 51.0 Å². The third-order valence-electron chi connectivity index (χ3n) is 6.83. The molecular formula is C23H27F2N7O2. The molecular weight excluding hydrogens is 444 g/mol. The highest BCUT2D eigenvalue weighted by Crippen LogP contribution is 2.37. The number of hydrogen-bond donors (Lipinski definition) is 4. The van der Waals surface area contributed by atoms with Crippen LogP contribution in [-0.4, -0.2) is 42.7 Å². The van der Waals surface area contributed by atoms with E-state index in [0.29, 0.717) is 49.2 Å². The largest absolute Gasteiger partial charge is 0.393 e. The number of fused-ring (bicyclic) bond motifs is 1. The second kappa shape index (κ2) is 9.13. The summed E-state index contributed by atoms with van der Waals surface area (Å²) in [5.41, 5.74) is 6.20. The van der Waals surface area contributed by atoms with Crippen LogP contribution in [0.2, 0.25) is 0 Å². The molecule has 0 unspecified atom stereocenters. The summed E-state index contributed by atoms with van der Waals surface area (Å²) < 4.78 is 30.6. The minimum atomic E-state index is -0.732. The summed E-state index contributed by atoms with van der Waals surface area (Å²) in [4.78, 5) is 25.2. The number of nitrogens with zero attached hydrogens (tertiary/aromatic N) is 4. The Bertz CT molecular complexity index is 1190. The van der Waals surface area contributed by atoms with Gasteiger partial charge in [0.05, 0.1) is 12.3 Å². The van der Waals surface area contributed by atoms with Gasteiger partial charge in [0.2, 0.25) is 17.8 Å². The molecule has 0 saturated heterocycles. The van der Waals surface area contributed by atoms with Crippen molar-refractivity contribution in [2.45, 2.75) is 63.1 Å². The number of nitrogens with one attached hydrogen (secondary N) is 2. The summed E-state index contributed by atoms with van der Waals surface area (Å²) in [5.74, 6) is -1.31. The zero-order chi connectivity index (χ0) is 23.8. The van der Waals surface area contributed by atoms with Gasteiger partial charge in [-0.05, 0) is 57.1 Å². The Morgan fingerprint density at radius 3 is 2.47 bits per heavy atom. The molecule has 2 heterocycles. The van der Waals surface area contributed by atoms with E-state index in [0.717, 1.165) is 12.8 Å². The number of primary amides is 1. The molecule has 2 aromatic heterocycles.